The first-order valence-electron chi connectivity index (χ1n) is 6.74. The number of hydrogen-bond acceptors (Lipinski definition) is 3. The molecule has 1 rings (SSSR count). The van der Waals surface area contributed by atoms with Gasteiger partial charge < -0.3 is 14.8 Å². The highest BCUT2D eigenvalue weighted by atomic mass is 16.5. The van der Waals surface area contributed by atoms with Crippen molar-refractivity contribution in [2.24, 2.45) is 0 Å². The van der Waals surface area contributed by atoms with Gasteiger partial charge in [-0.05, 0) is 45.9 Å². The second-order valence-electron chi connectivity index (χ2n) is 4.47. The lowest BCUT2D eigenvalue weighted by Crippen LogP contribution is -2.22. The molecule has 0 aromatic heterocycles. The molecule has 0 saturated carbocycles. The molecule has 106 valence electrons. The minimum atomic E-state index is -0.0728. The molecular formula is C15H23NO3. The lowest BCUT2D eigenvalue weighted by molar-refractivity contribution is 0.0641. The minimum Gasteiger partial charge on any atom is -0.494 e. The highest BCUT2D eigenvalue weighted by molar-refractivity contribution is 5.94. The predicted octanol–water partition coefficient (Wildman–Crippen LogP) is 2.76. The molecule has 0 aliphatic rings. The van der Waals surface area contributed by atoms with Crippen molar-refractivity contribution in [2.75, 3.05) is 13.2 Å². The van der Waals surface area contributed by atoms with Crippen LogP contribution in [-0.2, 0) is 11.3 Å². The van der Waals surface area contributed by atoms with Crippen molar-refractivity contribution in [1.82, 2.24) is 5.32 Å². The van der Waals surface area contributed by atoms with Gasteiger partial charge in [-0.2, -0.15) is 0 Å². The molecule has 0 aliphatic heterocycles. The molecule has 0 saturated heterocycles. The zero-order chi connectivity index (χ0) is 14.3. The normalized spacial score (nSPS) is 10.6. The van der Waals surface area contributed by atoms with E-state index in [2.05, 4.69) is 5.32 Å². The lowest BCUT2D eigenvalue weighted by Gasteiger charge is -2.14. The largest absolute Gasteiger partial charge is 0.494 e. The first kappa shape index (κ1) is 15.5. The number of hydrogen-bond donors (Lipinski definition) is 1. The maximum atomic E-state index is 11.8. The molecule has 1 amide bonds. The van der Waals surface area contributed by atoms with E-state index in [1.165, 1.54) is 0 Å². The summed E-state index contributed by atoms with van der Waals surface area (Å²) < 4.78 is 11.2. The maximum absolute atomic E-state index is 11.8. The Hall–Kier alpha value is -1.55. The number of benzene rings is 1. The molecule has 0 aliphatic carbocycles. The van der Waals surface area contributed by atoms with E-state index in [0.717, 1.165) is 11.3 Å². The van der Waals surface area contributed by atoms with Gasteiger partial charge in [-0.15, -0.1) is 0 Å². The van der Waals surface area contributed by atoms with Crippen molar-refractivity contribution in [3.05, 3.63) is 29.3 Å². The monoisotopic (exact) mass is 265 g/mol. The highest BCUT2D eigenvalue weighted by Crippen LogP contribution is 2.22. The summed E-state index contributed by atoms with van der Waals surface area (Å²) in [7, 11) is 0. The average Bonchev–Trinajstić information content (AvgIpc) is 2.38. The Morgan fingerprint density at radius 1 is 1.32 bits per heavy atom. The fourth-order valence-corrected chi connectivity index (χ4v) is 1.65. The molecule has 0 spiro atoms. The SMILES string of the molecule is CCNC(=O)c1ccc(OCC)c(COC(C)C)c1. The van der Waals surface area contributed by atoms with Crippen LogP contribution in [0.3, 0.4) is 0 Å². The van der Waals surface area contributed by atoms with Gasteiger partial charge in [-0.25, -0.2) is 0 Å². The van der Waals surface area contributed by atoms with Gasteiger partial charge >= 0.3 is 0 Å². The summed E-state index contributed by atoms with van der Waals surface area (Å²) in [6, 6.07) is 5.43. The molecule has 4 nitrogen and oxygen atoms in total. The molecule has 0 bridgehead atoms. The number of carbonyl (C=O) groups is 1. The molecule has 19 heavy (non-hydrogen) atoms. The summed E-state index contributed by atoms with van der Waals surface area (Å²) in [6.45, 7) is 9.45. The van der Waals surface area contributed by atoms with Crippen LogP contribution >= 0.6 is 0 Å². The Kier molecular flexibility index (Phi) is 6.36. The van der Waals surface area contributed by atoms with Crippen LogP contribution in [0.25, 0.3) is 0 Å². The molecule has 0 heterocycles. The van der Waals surface area contributed by atoms with E-state index < -0.39 is 0 Å². The van der Waals surface area contributed by atoms with E-state index in [9.17, 15) is 4.79 Å². The standard InChI is InChI=1S/C15H23NO3/c1-5-16-15(17)12-7-8-14(18-6-2)13(9-12)10-19-11(3)4/h7-9,11H,5-6,10H2,1-4H3,(H,16,17). The van der Waals surface area contributed by atoms with Gasteiger partial charge in [0, 0.05) is 17.7 Å². The zero-order valence-corrected chi connectivity index (χ0v) is 12.2. The third-order valence-corrected chi connectivity index (χ3v) is 2.53. The highest BCUT2D eigenvalue weighted by Gasteiger charge is 2.10. The Bertz CT molecular complexity index is 416. The van der Waals surface area contributed by atoms with Crippen molar-refractivity contribution in [3.8, 4) is 5.75 Å². The van der Waals surface area contributed by atoms with Crippen molar-refractivity contribution < 1.29 is 14.3 Å². The van der Waals surface area contributed by atoms with Crippen LogP contribution in [0, 0.1) is 0 Å². The van der Waals surface area contributed by atoms with Crippen molar-refractivity contribution in [3.63, 3.8) is 0 Å². The number of amides is 1. The summed E-state index contributed by atoms with van der Waals surface area (Å²) in [5.74, 6) is 0.701. The van der Waals surface area contributed by atoms with E-state index in [-0.39, 0.29) is 12.0 Å². The summed E-state index contributed by atoms with van der Waals surface area (Å²) in [5.41, 5.74) is 1.53. The summed E-state index contributed by atoms with van der Waals surface area (Å²) >= 11 is 0. The maximum Gasteiger partial charge on any atom is 0.251 e. The van der Waals surface area contributed by atoms with Crippen molar-refractivity contribution in [1.29, 1.82) is 0 Å². The number of nitrogens with one attached hydrogen (secondary N) is 1. The molecule has 4 heteroatoms. The van der Waals surface area contributed by atoms with Crippen LogP contribution in [0.1, 0.15) is 43.6 Å². The van der Waals surface area contributed by atoms with Crippen LogP contribution in [0.15, 0.2) is 18.2 Å². The molecular weight excluding hydrogens is 242 g/mol. The van der Waals surface area contributed by atoms with Crippen molar-refractivity contribution in [2.45, 2.75) is 40.4 Å². The number of carbonyl (C=O) groups excluding carboxylic acids is 1. The van der Waals surface area contributed by atoms with Gasteiger partial charge in [0.25, 0.3) is 5.91 Å². The quantitative estimate of drug-likeness (QED) is 0.824. The Balaban J connectivity index is 2.93. The molecule has 1 aromatic carbocycles. The molecule has 0 radical (unpaired) electrons. The summed E-state index contributed by atoms with van der Waals surface area (Å²) in [5, 5.41) is 2.78. The summed E-state index contributed by atoms with van der Waals surface area (Å²) in [4.78, 5) is 11.8. The van der Waals surface area contributed by atoms with Gasteiger partial charge in [0.1, 0.15) is 5.75 Å². The molecule has 0 fully saturated rings. The van der Waals surface area contributed by atoms with Gasteiger partial charge in [0.15, 0.2) is 0 Å². The van der Waals surface area contributed by atoms with E-state index in [4.69, 9.17) is 9.47 Å². The Morgan fingerprint density at radius 3 is 2.63 bits per heavy atom. The molecule has 1 aromatic rings. The molecule has 1 N–H and O–H groups in total. The van der Waals surface area contributed by atoms with Crippen molar-refractivity contribution >= 4 is 5.91 Å². The van der Waals surface area contributed by atoms with E-state index >= 15 is 0 Å². The molecule has 0 atom stereocenters. The van der Waals surface area contributed by atoms with Gasteiger partial charge in [-0.3, -0.25) is 4.79 Å². The van der Waals surface area contributed by atoms with Crippen LogP contribution in [0.5, 0.6) is 5.75 Å². The van der Waals surface area contributed by atoms with Crippen LogP contribution < -0.4 is 10.1 Å². The first-order valence-corrected chi connectivity index (χ1v) is 6.74. The van der Waals surface area contributed by atoms with Gasteiger partial charge in [0.05, 0.1) is 19.3 Å². The Morgan fingerprint density at radius 2 is 2.05 bits per heavy atom. The fraction of sp³-hybridized carbons (Fsp3) is 0.533. The van der Waals surface area contributed by atoms with Crippen LogP contribution in [-0.4, -0.2) is 25.2 Å². The first-order chi connectivity index (χ1) is 9.08. The minimum absolute atomic E-state index is 0.0728. The van der Waals surface area contributed by atoms with Gasteiger partial charge in [-0.1, -0.05) is 0 Å². The second kappa shape index (κ2) is 7.79. The van der Waals surface area contributed by atoms with E-state index in [1.54, 1.807) is 6.07 Å². The number of ether oxygens (including phenoxy) is 2. The average molecular weight is 265 g/mol. The molecule has 0 unspecified atom stereocenters. The lowest BCUT2D eigenvalue weighted by atomic mass is 10.1. The third kappa shape index (κ3) is 4.91. The summed E-state index contributed by atoms with van der Waals surface area (Å²) in [6.07, 6.45) is 0.141. The topological polar surface area (TPSA) is 47.6 Å². The third-order valence-electron chi connectivity index (χ3n) is 2.53. The fourth-order valence-electron chi connectivity index (χ4n) is 1.65. The Labute approximate surface area is 115 Å². The van der Waals surface area contributed by atoms with Crippen LogP contribution in [0.4, 0.5) is 0 Å². The predicted molar refractivity (Wildman–Crippen MR) is 75.5 cm³/mol. The van der Waals surface area contributed by atoms with Crippen LogP contribution in [0.2, 0.25) is 0 Å². The smallest absolute Gasteiger partial charge is 0.251 e. The van der Waals surface area contributed by atoms with E-state index in [0.29, 0.717) is 25.3 Å². The second-order valence-corrected chi connectivity index (χ2v) is 4.47. The van der Waals surface area contributed by atoms with E-state index in [1.807, 2.05) is 39.8 Å². The zero-order valence-electron chi connectivity index (χ0n) is 12.2. The number of rotatable bonds is 7. The van der Waals surface area contributed by atoms with Gasteiger partial charge in [0.2, 0.25) is 0 Å².